The van der Waals surface area contributed by atoms with Crippen LogP contribution in [-0.2, 0) is 30.4 Å². The quantitative estimate of drug-likeness (QED) is 0.333. The molecule has 0 aliphatic carbocycles. The summed E-state index contributed by atoms with van der Waals surface area (Å²) < 4.78 is 17.7. The summed E-state index contributed by atoms with van der Waals surface area (Å²) in [6.45, 7) is 4.92. The number of thioether (sulfide) groups is 1. The third-order valence-electron chi connectivity index (χ3n) is 5.78. The first-order valence-electron chi connectivity index (χ1n) is 11.6. The summed E-state index contributed by atoms with van der Waals surface area (Å²) in [6, 6.07) is 14.9. The molecule has 2 aromatic carbocycles. The van der Waals surface area contributed by atoms with Crippen LogP contribution in [-0.4, -0.2) is 52.4 Å². The van der Waals surface area contributed by atoms with E-state index in [1.54, 1.807) is 30.0 Å². The Labute approximate surface area is 210 Å². The lowest BCUT2D eigenvalue weighted by Gasteiger charge is -2.41. The normalized spacial score (nSPS) is 22.9. The van der Waals surface area contributed by atoms with Gasteiger partial charge in [-0.25, -0.2) is 0 Å². The van der Waals surface area contributed by atoms with E-state index in [0.29, 0.717) is 17.2 Å². The van der Waals surface area contributed by atoms with Gasteiger partial charge in [-0.15, -0.1) is 0 Å². The van der Waals surface area contributed by atoms with Crippen molar-refractivity contribution in [2.75, 3.05) is 23.4 Å². The summed E-state index contributed by atoms with van der Waals surface area (Å²) in [5.74, 6) is 0.406. The summed E-state index contributed by atoms with van der Waals surface area (Å²) in [5.41, 5.74) is 3.09. The third-order valence-corrected chi connectivity index (χ3v) is 6.81. The summed E-state index contributed by atoms with van der Waals surface area (Å²) in [6.07, 6.45) is -1.96. The molecule has 3 N–H and O–H groups in total. The van der Waals surface area contributed by atoms with Crippen molar-refractivity contribution in [2.45, 2.75) is 52.0 Å². The molecular formula is C26H33NO7S. The third kappa shape index (κ3) is 7.52. The van der Waals surface area contributed by atoms with E-state index in [0.717, 1.165) is 16.7 Å². The second-order valence-electron chi connectivity index (χ2n) is 8.49. The first kappa shape index (κ1) is 27.2. The Hall–Kier alpha value is -2.43. The van der Waals surface area contributed by atoms with Crippen molar-refractivity contribution >= 4 is 29.3 Å². The van der Waals surface area contributed by atoms with Gasteiger partial charge >= 0.3 is 5.97 Å². The van der Waals surface area contributed by atoms with Crippen molar-refractivity contribution in [2.24, 2.45) is 5.92 Å². The van der Waals surface area contributed by atoms with Gasteiger partial charge in [0.05, 0.1) is 25.4 Å². The number of rotatable bonds is 10. The molecule has 1 saturated heterocycles. The van der Waals surface area contributed by atoms with Crippen molar-refractivity contribution in [3.8, 4) is 0 Å². The Bertz CT molecular complexity index is 984. The molecule has 8 nitrogen and oxygen atoms in total. The maximum absolute atomic E-state index is 12.4. The number of carbonyl (C=O) groups is 2. The Balaban J connectivity index is 1.81. The molecule has 0 unspecified atom stereocenters. The van der Waals surface area contributed by atoms with Crippen molar-refractivity contribution in [3.05, 3.63) is 65.2 Å². The Morgan fingerprint density at radius 3 is 2.51 bits per heavy atom. The second-order valence-corrected chi connectivity index (χ2v) is 9.64. The lowest BCUT2D eigenvalue weighted by Crippen LogP contribution is -2.38. The molecule has 9 heteroatoms. The van der Waals surface area contributed by atoms with E-state index in [2.05, 4.69) is 12.2 Å². The maximum atomic E-state index is 12.4. The molecule has 5 atom stereocenters. The fourth-order valence-electron chi connectivity index (χ4n) is 3.88. The average Bonchev–Trinajstić information content (AvgIpc) is 2.85. The van der Waals surface area contributed by atoms with Crippen molar-refractivity contribution in [1.82, 2.24) is 0 Å². The van der Waals surface area contributed by atoms with Crippen LogP contribution in [0, 0.1) is 5.92 Å². The predicted molar refractivity (Wildman–Crippen MR) is 134 cm³/mol. The highest BCUT2D eigenvalue weighted by atomic mass is 32.2. The molecule has 1 amide bonds. The molecule has 0 saturated carbocycles. The van der Waals surface area contributed by atoms with Gasteiger partial charge in [0, 0.05) is 35.6 Å². The molecule has 1 fully saturated rings. The SMILES string of the molecule is CC(=O)O[C@@H](C)C(=O)Nc1cccc([C@H]2O[C@@H](CSCCO)[C@@H](C)[C@@H](c3ccc(CO)cc3)O2)c1. The molecule has 2 aromatic rings. The van der Waals surface area contributed by atoms with Gasteiger partial charge in [-0.3, -0.25) is 9.59 Å². The topological polar surface area (TPSA) is 114 Å². The highest BCUT2D eigenvalue weighted by molar-refractivity contribution is 7.99. The van der Waals surface area contributed by atoms with Crippen LogP contribution in [0.2, 0.25) is 0 Å². The Morgan fingerprint density at radius 2 is 1.86 bits per heavy atom. The van der Waals surface area contributed by atoms with Crippen molar-refractivity contribution in [1.29, 1.82) is 0 Å². The van der Waals surface area contributed by atoms with Crippen LogP contribution in [0.5, 0.6) is 0 Å². The number of nitrogens with one attached hydrogen (secondary N) is 1. The molecule has 0 radical (unpaired) electrons. The molecular weight excluding hydrogens is 470 g/mol. The number of esters is 1. The van der Waals surface area contributed by atoms with Crippen LogP contribution in [0.15, 0.2) is 48.5 Å². The minimum absolute atomic E-state index is 0.0257. The molecule has 190 valence electrons. The lowest BCUT2D eigenvalue weighted by molar-refractivity contribution is -0.268. The fraction of sp³-hybridized carbons (Fsp3) is 0.462. The van der Waals surface area contributed by atoms with Gasteiger partial charge in [0.1, 0.15) is 0 Å². The highest BCUT2D eigenvalue weighted by Crippen LogP contribution is 2.42. The number of aliphatic hydroxyl groups excluding tert-OH is 2. The van der Waals surface area contributed by atoms with E-state index >= 15 is 0 Å². The number of hydrogen-bond acceptors (Lipinski definition) is 8. The minimum atomic E-state index is -0.918. The largest absolute Gasteiger partial charge is 0.453 e. The number of carbonyl (C=O) groups excluding carboxylic acids is 2. The van der Waals surface area contributed by atoms with Gasteiger partial charge in [0.25, 0.3) is 5.91 Å². The standard InChI is InChI=1S/C26H33NO7S/c1-16-23(15-35-12-11-28)33-26(34-24(16)20-9-7-19(14-29)8-10-20)21-5-4-6-22(13-21)27-25(31)17(2)32-18(3)30/h4-10,13,16-17,23-24,26,28-29H,11-12,14-15H2,1-3H3,(H,27,31)/t16-,17+,23+,24+,26+/m1/s1. The summed E-state index contributed by atoms with van der Waals surface area (Å²) in [4.78, 5) is 23.5. The number of amides is 1. The first-order chi connectivity index (χ1) is 16.8. The van der Waals surface area contributed by atoms with Gasteiger partial charge in [-0.1, -0.05) is 43.3 Å². The zero-order valence-electron chi connectivity index (χ0n) is 20.2. The van der Waals surface area contributed by atoms with Gasteiger partial charge in [-0.2, -0.15) is 11.8 Å². The van der Waals surface area contributed by atoms with Crippen LogP contribution in [0.4, 0.5) is 5.69 Å². The van der Waals surface area contributed by atoms with Crippen LogP contribution in [0.3, 0.4) is 0 Å². The second kappa shape index (κ2) is 13.0. The van der Waals surface area contributed by atoms with Crippen LogP contribution < -0.4 is 5.32 Å². The smallest absolute Gasteiger partial charge is 0.303 e. The molecule has 1 heterocycles. The Morgan fingerprint density at radius 1 is 1.11 bits per heavy atom. The number of hydrogen-bond donors (Lipinski definition) is 3. The zero-order chi connectivity index (χ0) is 25.4. The number of aliphatic hydroxyl groups is 2. The minimum Gasteiger partial charge on any atom is -0.453 e. The molecule has 0 spiro atoms. The van der Waals surface area contributed by atoms with Gasteiger partial charge < -0.3 is 29.7 Å². The van der Waals surface area contributed by atoms with E-state index in [1.807, 2.05) is 30.3 Å². The highest BCUT2D eigenvalue weighted by Gasteiger charge is 2.38. The van der Waals surface area contributed by atoms with E-state index in [4.69, 9.17) is 14.2 Å². The van der Waals surface area contributed by atoms with E-state index in [1.165, 1.54) is 13.8 Å². The number of benzene rings is 2. The van der Waals surface area contributed by atoms with Crippen LogP contribution in [0.1, 0.15) is 49.9 Å². The van der Waals surface area contributed by atoms with Gasteiger partial charge in [-0.05, 0) is 30.2 Å². The van der Waals surface area contributed by atoms with Crippen LogP contribution >= 0.6 is 11.8 Å². The van der Waals surface area contributed by atoms with E-state index in [9.17, 15) is 19.8 Å². The zero-order valence-corrected chi connectivity index (χ0v) is 21.0. The first-order valence-corrected chi connectivity index (χ1v) is 12.7. The van der Waals surface area contributed by atoms with Gasteiger partial charge in [0.2, 0.25) is 0 Å². The van der Waals surface area contributed by atoms with E-state index in [-0.39, 0.29) is 31.3 Å². The van der Waals surface area contributed by atoms with Gasteiger partial charge in [0.15, 0.2) is 12.4 Å². The van der Waals surface area contributed by atoms with Crippen molar-refractivity contribution in [3.63, 3.8) is 0 Å². The monoisotopic (exact) mass is 503 g/mol. The summed E-state index contributed by atoms with van der Waals surface area (Å²) in [5, 5.41) is 21.3. The molecule has 3 rings (SSSR count). The summed E-state index contributed by atoms with van der Waals surface area (Å²) >= 11 is 1.62. The Kier molecular flexibility index (Phi) is 10.1. The molecule has 0 aromatic heterocycles. The number of ether oxygens (including phenoxy) is 3. The molecule has 1 aliphatic rings. The molecule has 1 aliphatic heterocycles. The lowest BCUT2D eigenvalue weighted by atomic mass is 9.91. The molecule has 35 heavy (non-hydrogen) atoms. The average molecular weight is 504 g/mol. The maximum Gasteiger partial charge on any atom is 0.303 e. The van der Waals surface area contributed by atoms with E-state index < -0.39 is 24.3 Å². The van der Waals surface area contributed by atoms with Crippen LogP contribution in [0.25, 0.3) is 0 Å². The number of anilines is 1. The fourth-order valence-corrected chi connectivity index (χ4v) is 4.79. The van der Waals surface area contributed by atoms with Crippen molar-refractivity contribution < 1.29 is 34.0 Å². The molecule has 0 bridgehead atoms. The predicted octanol–water partition coefficient (Wildman–Crippen LogP) is 3.59. The summed E-state index contributed by atoms with van der Waals surface area (Å²) in [7, 11) is 0.